The molecule has 0 heterocycles. The fourth-order valence-corrected chi connectivity index (χ4v) is 1.60. The summed E-state index contributed by atoms with van der Waals surface area (Å²) in [6, 6.07) is 0. The summed E-state index contributed by atoms with van der Waals surface area (Å²) in [5, 5.41) is 5.66. The van der Waals surface area contributed by atoms with Crippen LogP contribution in [0.2, 0.25) is 0 Å². The maximum atomic E-state index is 12.2. The second kappa shape index (κ2) is 12.0. The molecular weight excluding hydrogens is 313 g/mol. The Morgan fingerprint density at radius 2 is 1.87 bits per heavy atom. The molecule has 6 nitrogen and oxygen atoms in total. The lowest BCUT2D eigenvalue weighted by Crippen LogP contribution is -2.45. The van der Waals surface area contributed by atoms with Gasteiger partial charge in [0.2, 0.25) is 5.91 Å². The van der Waals surface area contributed by atoms with Crippen LogP contribution >= 0.6 is 0 Å². The molecule has 0 saturated carbocycles. The molecule has 0 aliphatic rings. The van der Waals surface area contributed by atoms with Crippen molar-refractivity contribution in [1.29, 1.82) is 0 Å². The zero-order valence-corrected chi connectivity index (χ0v) is 14.0. The van der Waals surface area contributed by atoms with Crippen LogP contribution in [0.5, 0.6) is 0 Å². The van der Waals surface area contributed by atoms with E-state index in [-0.39, 0.29) is 6.54 Å². The molecule has 0 aromatic heterocycles. The highest BCUT2D eigenvalue weighted by Crippen LogP contribution is 2.15. The van der Waals surface area contributed by atoms with Crippen molar-refractivity contribution in [2.24, 2.45) is 4.99 Å². The number of carbonyl (C=O) groups is 1. The lowest BCUT2D eigenvalue weighted by Gasteiger charge is -2.20. The number of nitrogens with one attached hydrogen (secondary N) is 2. The number of ether oxygens (including phenoxy) is 1. The van der Waals surface area contributed by atoms with Gasteiger partial charge in [0.05, 0.1) is 6.54 Å². The van der Waals surface area contributed by atoms with Gasteiger partial charge in [-0.05, 0) is 12.8 Å². The molecule has 0 aliphatic carbocycles. The molecule has 0 rings (SSSR count). The molecule has 0 saturated heterocycles. The van der Waals surface area contributed by atoms with Crippen molar-refractivity contribution in [2.75, 3.05) is 46.9 Å². The van der Waals surface area contributed by atoms with Crippen LogP contribution in [0.25, 0.3) is 0 Å². The standard InChI is InChI=1S/C14H27F3N4O2/c1-4-5-8-23-9-6-7-19-13(18-2)20-10-12(22)21(3)11-14(15,16)17/h4-11H2,1-3H3,(H2,18,19,20). The van der Waals surface area contributed by atoms with Crippen molar-refractivity contribution in [2.45, 2.75) is 32.4 Å². The van der Waals surface area contributed by atoms with Gasteiger partial charge in [0.1, 0.15) is 6.54 Å². The average molecular weight is 340 g/mol. The van der Waals surface area contributed by atoms with Crippen molar-refractivity contribution in [1.82, 2.24) is 15.5 Å². The minimum Gasteiger partial charge on any atom is -0.381 e. The second-order valence-corrected chi connectivity index (χ2v) is 5.04. The van der Waals surface area contributed by atoms with Crippen LogP contribution in [-0.2, 0) is 9.53 Å². The number of aliphatic imine (C=N–C) groups is 1. The summed E-state index contributed by atoms with van der Waals surface area (Å²) in [6.07, 6.45) is -1.51. The Labute approximate surface area is 135 Å². The SMILES string of the molecule is CCCCOCCCNC(=NC)NCC(=O)N(C)CC(F)(F)F. The number of unbranched alkanes of at least 4 members (excludes halogenated alkanes) is 1. The van der Waals surface area contributed by atoms with Gasteiger partial charge in [-0.1, -0.05) is 13.3 Å². The Morgan fingerprint density at radius 3 is 2.43 bits per heavy atom. The predicted molar refractivity (Wildman–Crippen MR) is 83.4 cm³/mol. The third-order valence-corrected chi connectivity index (χ3v) is 2.87. The third kappa shape index (κ3) is 12.7. The first kappa shape index (κ1) is 21.5. The molecular formula is C14H27F3N4O2. The molecule has 0 unspecified atom stereocenters. The first-order valence-corrected chi connectivity index (χ1v) is 7.63. The van der Waals surface area contributed by atoms with E-state index in [9.17, 15) is 18.0 Å². The fourth-order valence-electron chi connectivity index (χ4n) is 1.60. The number of nitrogens with zero attached hydrogens (tertiary/aromatic N) is 2. The average Bonchev–Trinajstić information content (AvgIpc) is 2.47. The van der Waals surface area contributed by atoms with E-state index in [1.54, 1.807) is 0 Å². The van der Waals surface area contributed by atoms with Gasteiger partial charge in [-0.2, -0.15) is 13.2 Å². The van der Waals surface area contributed by atoms with Gasteiger partial charge in [0.25, 0.3) is 0 Å². The first-order chi connectivity index (χ1) is 10.8. The van der Waals surface area contributed by atoms with Crippen molar-refractivity contribution in [3.63, 3.8) is 0 Å². The molecule has 0 atom stereocenters. The van der Waals surface area contributed by atoms with E-state index < -0.39 is 18.6 Å². The number of alkyl halides is 3. The fraction of sp³-hybridized carbons (Fsp3) is 0.857. The van der Waals surface area contributed by atoms with Crippen LogP contribution in [0, 0.1) is 0 Å². The Hall–Kier alpha value is -1.51. The summed E-state index contributed by atoms with van der Waals surface area (Å²) >= 11 is 0. The monoisotopic (exact) mass is 340 g/mol. The molecule has 0 aromatic rings. The van der Waals surface area contributed by atoms with E-state index in [2.05, 4.69) is 22.5 Å². The summed E-state index contributed by atoms with van der Waals surface area (Å²) in [6.45, 7) is 2.53. The van der Waals surface area contributed by atoms with E-state index in [4.69, 9.17) is 4.74 Å². The summed E-state index contributed by atoms with van der Waals surface area (Å²) in [7, 11) is 2.64. The maximum Gasteiger partial charge on any atom is 0.406 e. The molecule has 136 valence electrons. The first-order valence-electron chi connectivity index (χ1n) is 7.63. The van der Waals surface area contributed by atoms with Gasteiger partial charge in [-0.15, -0.1) is 0 Å². The lowest BCUT2D eigenvalue weighted by atomic mass is 10.4. The van der Waals surface area contributed by atoms with Crippen LogP contribution < -0.4 is 10.6 Å². The molecule has 2 N–H and O–H groups in total. The number of carbonyl (C=O) groups excluding carboxylic acids is 1. The van der Waals surface area contributed by atoms with Crippen LogP contribution in [0.15, 0.2) is 4.99 Å². The summed E-state index contributed by atoms with van der Waals surface area (Å²) in [5.41, 5.74) is 0. The summed E-state index contributed by atoms with van der Waals surface area (Å²) < 4.78 is 42.0. The Balaban J connectivity index is 3.87. The van der Waals surface area contributed by atoms with E-state index in [1.165, 1.54) is 7.05 Å². The van der Waals surface area contributed by atoms with Gasteiger partial charge >= 0.3 is 6.18 Å². The molecule has 1 amide bonds. The van der Waals surface area contributed by atoms with E-state index in [0.717, 1.165) is 32.9 Å². The number of likely N-dealkylation sites (N-methyl/N-ethyl adjacent to an activating group) is 1. The summed E-state index contributed by atoms with van der Waals surface area (Å²) in [5.74, 6) is -0.291. The number of hydrogen-bond acceptors (Lipinski definition) is 3. The normalized spacial score (nSPS) is 12.2. The highest BCUT2D eigenvalue weighted by molar-refractivity contribution is 5.86. The van der Waals surface area contributed by atoms with E-state index >= 15 is 0 Å². The molecule has 0 aromatic carbocycles. The quantitative estimate of drug-likeness (QED) is 0.358. The summed E-state index contributed by atoms with van der Waals surface area (Å²) in [4.78, 5) is 16.1. The molecule has 23 heavy (non-hydrogen) atoms. The molecule has 9 heteroatoms. The topological polar surface area (TPSA) is 66.0 Å². The van der Waals surface area contributed by atoms with Gasteiger partial charge in [0.15, 0.2) is 5.96 Å². The molecule has 0 aliphatic heterocycles. The van der Waals surface area contributed by atoms with Crippen LogP contribution in [0.1, 0.15) is 26.2 Å². The van der Waals surface area contributed by atoms with Crippen molar-refractivity contribution < 1.29 is 22.7 Å². The Morgan fingerprint density at radius 1 is 1.22 bits per heavy atom. The Bertz CT molecular complexity index is 362. The van der Waals surface area contributed by atoms with E-state index in [1.807, 2.05) is 0 Å². The predicted octanol–water partition coefficient (Wildman–Crippen LogP) is 1.38. The zero-order valence-electron chi connectivity index (χ0n) is 14.0. The number of guanidine groups is 1. The van der Waals surface area contributed by atoms with Crippen molar-refractivity contribution in [3.05, 3.63) is 0 Å². The molecule has 0 radical (unpaired) electrons. The second-order valence-electron chi connectivity index (χ2n) is 5.04. The largest absolute Gasteiger partial charge is 0.406 e. The minimum atomic E-state index is -4.40. The Kier molecular flexibility index (Phi) is 11.2. The van der Waals surface area contributed by atoms with Gasteiger partial charge in [-0.25, -0.2) is 0 Å². The number of hydrogen-bond donors (Lipinski definition) is 2. The number of rotatable bonds is 10. The lowest BCUT2D eigenvalue weighted by molar-refractivity contribution is -0.157. The molecule has 0 fully saturated rings. The number of amides is 1. The molecule has 0 spiro atoms. The smallest absolute Gasteiger partial charge is 0.381 e. The maximum absolute atomic E-state index is 12.2. The highest BCUT2D eigenvalue weighted by atomic mass is 19.4. The van der Waals surface area contributed by atoms with Crippen molar-refractivity contribution >= 4 is 11.9 Å². The zero-order chi connectivity index (χ0) is 17.7. The minimum absolute atomic E-state index is 0.251. The van der Waals surface area contributed by atoms with Gasteiger partial charge in [0, 0.05) is 33.9 Å². The van der Waals surface area contributed by atoms with Crippen LogP contribution in [-0.4, -0.2) is 69.9 Å². The van der Waals surface area contributed by atoms with Gasteiger partial charge in [-0.3, -0.25) is 9.79 Å². The van der Waals surface area contributed by atoms with Crippen LogP contribution in [0.3, 0.4) is 0 Å². The van der Waals surface area contributed by atoms with Crippen molar-refractivity contribution in [3.8, 4) is 0 Å². The third-order valence-electron chi connectivity index (χ3n) is 2.87. The molecule has 0 bridgehead atoms. The van der Waals surface area contributed by atoms with Gasteiger partial charge < -0.3 is 20.3 Å². The number of halogens is 3. The highest BCUT2D eigenvalue weighted by Gasteiger charge is 2.31. The van der Waals surface area contributed by atoms with Crippen LogP contribution in [0.4, 0.5) is 13.2 Å². The van der Waals surface area contributed by atoms with E-state index in [0.29, 0.717) is 24.0 Å².